The number of nitrogens with zero attached hydrogens (tertiary/aromatic N) is 2. The average Bonchev–Trinajstić information content (AvgIpc) is 2.88. The van der Waals surface area contributed by atoms with Crippen molar-refractivity contribution in [2.24, 2.45) is 5.10 Å². The van der Waals surface area contributed by atoms with E-state index in [1.54, 1.807) is 48.7 Å². The van der Waals surface area contributed by atoms with Crippen LogP contribution in [0.15, 0.2) is 84.1 Å². The van der Waals surface area contributed by atoms with Gasteiger partial charge in [0.2, 0.25) is 0 Å². The molecule has 0 fully saturated rings. The minimum Gasteiger partial charge on any atom is -0.484 e. The van der Waals surface area contributed by atoms with Gasteiger partial charge in [-0.15, -0.1) is 0 Å². The Hall–Kier alpha value is -4.53. The molecule has 34 heavy (non-hydrogen) atoms. The molecule has 0 radical (unpaired) electrons. The third kappa shape index (κ3) is 8.54. The first-order valence-corrected chi connectivity index (χ1v) is 10.6. The van der Waals surface area contributed by atoms with Crippen molar-refractivity contribution in [2.45, 2.75) is 13.0 Å². The summed E-state index contributed by atoms with van der Waals surface area (Å²) in [4.78, 5) is 39.6. The third-order valence-corrected chi connectivity index (χ3v) is 4.57. The van der Waals surface area contributed by atoms with Crippen LogP contribution >= 0.6 is 0 Å². The normalized spacial score (nSPS) is 10.5. The first kappa shape index (κ1) is 24.1. The van der Waals surface area contributed by atoms with E-state index >= 15 is 0 Å². The van der Waals surface area contributed by atoms with Crippen LogP contribution in [0.25, 0.3) is 0 Å². The van der Waals surface area contributed by atoms with Crippen LogP contribution in [0, 0.1) is 0 Å². The summed E-state index contributed by atoms with van der Waals surface area (Å²) in [5, 5.41) is 9.05. The van der Waals surface area contributed by atoms with Gasteiger partial charge in [-0.3, -0.25) is 19.4 Å². The van der Waals surface area contributed by atoms with Crippen molar-refractivity contribution in [2.75, 3.05) is 13.2 Å². The van der Waals surface area contributed by atoms with Gasteiger partial charge >= 0.3 is 11.8 Å². The molecular formula is C25H25N5O4. The van der Waals surface area contributed by atoms with Gasteiger partial charge in [-0.2, -0.15) is 5.10 Å². The van der Waals surface area contributed by atoms with E-state index in [4.69, 9.17) is 4.74 Å². The van der Waals surface area contributed by atoms with Crippen molar-refractivity contribution in [3.05, 3.63) is 95.8 Å². The van der Waals surface area contributed by atoms with Crippen molar-refractivity contribution < 1.29 is 19.1 Å². The van der Waals surface area contributed by atoms with Gasteiger partial charge in [0, 0.05) is 12.7 Å². The number of amides is 3. The predicted octanol–water partition coefficient (Wildman–Crippen LogP) is 1.59. The summed E-state index contributed by atoms with van der Waals surface area (Å²) in [7, 11) is 0. The Morgan fingerprint density at radius 3 is 2.38 bits per heavy atom. The quantitative estimate of drug-likeness (QED) is 0.241. The van der Waals surface area contributed by atoms with Gasteiger partial charge in [-0.25, -0.2) is 5.43 Å². The molecule has 174 valence electrons. The monoisotopic (exact) mass is 459 g/mol. The van der Waals surface area contributed by atoms with E-state index in [0.717, 1.165) is 12.0 Å². The minimum atomic E-state index is -0.884. The Bertz CT molecular complexity index is 1100. The summed E-state index contributed by atoms with van der Waals surface area (Å²) in [6.07, 6.45) is 3.75. The molecule has 0 saturated heterocycles. The van der Waals surface area contributed by atoms with Gasteiger partial charge in [0.05, 0.1) is 18.5 Å². The SMILES string of the molecule is O=C(COc1ccc(/C=N\NC(=O)C(=O)NCc2ccccn2)cc1)NCCc1ccccc1. The third-order valence-electron chi connectivity index (χ3n) is 4.57. The Labute approximate surface area is 197 Å². The van der Waals surface area contributed by atoms with Crippen LogP contribution in [0.3, 0.4) is 0 Å². The lowest BCUT2D eigenvalue weighted by Crippen LogP contribution is -2.37. The fourth-order valence-corrected chi connectivity index (χ4v) is 2.81. The Balaban J connectivity index is 1.33. The molecule has 3 rings (SSSR count). The van der Waals surface area contributed by atoms with Crippen LogP contribution in [0.4, 0.5) is 0 Å². The Kier molecular flexibility index (Phi) is 9.31. The molecule has 0 aliphatic heterocycles. The van der Waals surface area contributed by atoms with Gasteiger partial charge < -0.3 is 15.4 Å². The van der Waals surface area contributed by atoms with Crippen molar-refractivity contribution in [3.63, 3.8) is 0 Å². The molecule has 0 saturated carbocycles. The number of carbonyl (C=O) groups excluding carboxylic acids is 3. The molecule has 1 aromatic heterocycles. The Morgan fingerprint density at radius 1 is 0.882 bits per heavy atom. The highest BCUT2D eigenvalue weighted by molar-refractivity contribution is 6.35. The fourth-order valence-electron chi connectivity index (χ4n) is 2.81. The number of nitrogens with one attached hydrogen (secondary N) is 3. The van der Waals surface area contributed by atoms with Crippen LogP contribution in [0.5, 0.6) is 5.75 Å². The second-order valence-corrected chi connectivity index (χ2v) is 7.15. The standard InChI is InChI=1S/C25H25N5O4/c31-23(27-15-13-19-6-2-1-3-7-19)18-34-22-11-9-20(10-12-22)16-29-30-25(33)24(32)28-17-21-8-4-5-14-26-21/h1-12,14,16H,13,15,17-18H2,(H,27,31)(H,28,32)(H,30,33)/b29-16-. The van der Waals surface area contributed by atoms with Crippen LogP contribution < -0.4 is 20.8 Å². The fraction of sp³-hybridized carbons (Fsp3) is 0.160. The maximum Gasteiger partial charge on any atom is 0.329 e. The molecule has 3 N–H and O–H groups in total. The maximum absolute atomic E-state index is 11.9. The summed E-state index contributed by atoms with van der Waals surface area (Å²) in [5.41, 5.74) is 4.63. The number of rotatable bonds is 10. The average molecular weight is 460 g/mol. The lowest BCUT2D eigenvalue weighted by atomic mass is 10.1. The molecule has 1 heterocycles. The smallest absolute Gasteiger partial charge is 0.329 e. The number of carbonyl (C=O) groups is 3. The Morgan fingerprint density at radius 2 is 1.65 bits per heavy atom. The van der Waals surface area contributed by atoms with Crippen molar-refractivity contribution >= 4 is 23.9 Å². The molecule has 0 unspecified atom stereocenters. The predicted molar refractivity (Wildman–Crippen MR) is 127 cm³/mol. The van der Waals surface area contributed by atoms with Crippen molar-refractivity contribution in [1.29, 1.82) is 0 Å². The van der Waals surface area contributed by atoms with Crippen LogP contribution in [-0.2, 0) is 27.3 Å². The number of hydrogen-bond donors (Lipinski definition) is 3. The number of ether oxygens (including phenoxy) is 1. The van der Waals surface area contributed by atoms with Crippen LogP contribution in [0.2, 0.25) is 0 Å². The highest BCUT2D eigenvalue weighted by Gasteiger charge is 2.12. The van der Waals surface area contributed by atoms with E-state index in [0.29, 0.717) is 23.6 Å². The largest absolute Gasteiger partial charge is 0.484 e. The van der Waals surface area contributed by atoms with E-state index in [1.807, 2.05) is 30.3 Å². The maximum atomic E-state index is 11.9. The number of hydrazone groups is 1. The molecule has 2 aromatic carbocycles. The second-order valence-electron chi connectivity index (χ2n) is 7.15. The van der Waals surface area contributed by atoms with Crippen molar-refractivity contribution in [3.8, 4) is 5.75 Å². The molecule has 0 aliphatic carbocycles. The lowest BCUT2D eigenvalue weighted by molar-refractivity contribution is -0.139. The molecule has 0 bridgehead atoms. The second kappa shape index (κ2) is 13.1. The number of benzene rings is 2. The molecule has 9 heteroatoms. The molecular weight excluding hydrogens is 434 g/mol. The highest BCUT2D eigenvalue weighted by atomic mass is 16.5. The first-order valence-electron chi connectivity index (χ1n) is 10.6. The van der Waals surface area contributed by atoms with Crippen molar-refractivity contribution in [1.82, 2.24) is 21.0 Å². The molecule has 0 spiro atoms. The van der Waals surface area contributed by atoms with E-state index in [9.17, 15) is 14.4 Å². The zero-order valence-electron chi connectivity index (χ0n) is 18.4. The highest BCUT2D eigenvalue weighted by Crippen LogP contribution is 2.10. The number of pyridine rings is 1. The topological polar surface area (TPSA) is 122 Å². The summed E-state index contributed by atoms with van der Waals surface area (Å²) >= 11 is 0. The lowest BCUT2D eigenvalue weighted by Gasteiger charge is -2.08. The molecule has 0 atom stereocenters. The minimum absolute atomic E-state index is 0.0914. The van der Waals surface area contributed by atoms with Gasteiger partial charge in [-0.1, -0.05) is 36.4 Å². The van der Waals surface area contributed by atoms with Gasteiger partial charge in [0.1, 0.15) is 5.75 Å². The van der Waals surface area contributed by atoms with Crippen LogP contribution in [-0.4, -0.2) is 42.1 Å². The molecule has 9 nitrogen and oxygen atoms in total. The van der Waals surface area contributed by atoms with E-state index in [1.165, 1.54) is 6.21 Å². The van der Waals surface area contributed by atoms with E-state index in [2.05, 4.69) is 26.1 Å². The van der Waals surface area contributed by atoms with Gasteiger partial charge in [0.15, 0.2) is 6.61 Å². The molecule has 3 amide bonds. The van der Waals surface area contributed by atoms with E-state index in [-0.39, 0.29) is 19.1 Å². The van der Waals surface area contributed by atoms with Gasteiger partial charge in [0.25, 0.3) is 5.91 Å². The van der Waals surface area contributed by atoms with Gasteiger partial charge in [-0.05, 0) is 53.9 Å². The van der Waals surface area contributed by atoms with Crippen LogP contribution in [0.1, 0.15) is 16.8 Å². The first-order chi connectivity index (χ1) is 16.6. The summed E-state index contributed by atoms with van der Waals surface area (Å²) < 4.78 is 5.48. The number of hydrogen-bond acceptors (Lipinski definition) is 6. The summed E-state index contributed by atoms with van der Waals surface area (Å²) in [5.74, 6) is -1.38. The molecule has 0 aliphatic rings. The summed E-state index contributed by atoms with van der Waals surface area (Å²) in [6, 6.07) is 22.0. The zero-order valence-corrected chi connectivity index (χ0v) is 18.4. The van der Waals surface area contributed by atoms with E-state index < -0.39 is 11.8 Å². The summed E-state index contributed by atoms with van der Waals surface area (Å²) in [6.45, 7) is 0.587. The number of aromatic nitrogens is 1. The zero-order chi connectivity index (χ0) is 24.0. The molecule has 3 aromatic rings.